The lowest BCUT2D eigenvalue weighted by molar-refractivity contribution is -0.689. The third kappa shape index (κ3) is 8.56. The van der Waals surface area contributed by atoms with E-state index in [1.807, 2.05) is 34.9 Å². The number of benzene rings is 6. The van der Waals surface area contributed by atoms with Crippen LogP contribution < -0.4 is 31.2 Å². The number of halogens is 20. The van der Waals surface area contributed by atoms with Gasteiger partial charge in [0, 0.05) is 11.6 Å². The maximum absolute atomic E-state index is 15.4. The molecule has 364 valence electrons. The van der Waals surface area contributed by atoms with Crippen molar-refractivity contribution >= 4 is 39.7 Å². The lowest BCUT2D eigenvalue weighted by Gasteiger charge is -2.44. The number of hydrogen-bond acceptors (Lipinski definition) is 5. The van der Waals surface area contributed by atoms with Crippen molar-refractivity contribution in [1.82, 2.24) is 4.98 Å². The highest BCUT2D eigenvalue weighted by molar-refractivity contribution is 7.20. The van der Waals surface area contributed by atoms with Crippen LogP contribution in [0.2, 0.25) is 0 Å². The number of non-ortho nitro benzene ring substituents is 1. The highest BCUT2D eigenvalue weighted by atomic mass is 19.2. The van der Waals surface area contributed by atoms with Gasteiger partial charge >= 0.3 is 5.97 Å². The summed E-state index contributed by atoms with van der Waals surface area (Å²) in [5.74, 6) is -72.0. The lowest BCUT2D eigenvalue weighted by Crippen LogP contribution is -2.81. The standard InChI is InChI=1S/C24BF20.C18H14N3O4/c26-5-1(6(27)14(35)21(42)13(5)34)25(2-7(28)15(36)22(43)16(37)8(2)29,3-9(30)17(38)23(44)18(39)10(3)31)4-11(32)19(40)24(45)20(41)12(4)33;22-18(25-16-8-4-7-15(11-16)21(23)24)17-13-20(10-9-19-17)12-14-5-2-1-3-6-14/h;1-11,13H,12H2/q-1;+1. The molecule has 7 aromatic rings. The molecular weight excluding hydrogens is 1000 g/mol. The highest BCUT2D eigenvalue weighted by Crippen LogP contribution is 2.31. The number of esters is 1. The number of ether oxygens (including phenoxy) is 1. The molecule has 7 rings (SSSR count). The highest BCUT2D eigenvalue weighted by Gasteiger charge is 2.52. The fourth-order valence-electron chi connectivity index (χ4n) is 7.12. The van der Waals surface area contributed by atoms with Gasteiger partial charge < -0.3 is 4.74 Å². The van der Waals surface area contributed by atoms with E-state index in [4.69, 9.17) is 4.74 Å². The predicted molar refractivity (Wildman–Crippen MR) is 197 cm³/mol. The van der Waals surface area contributed by atoms with E-state index in [1.165, 1.54) is 30.5 Å². The van der Waals surface area contributed by atoms with Gasteiger partial charge in [-0.15, -0.1) is 21.9 Å². The SMILES string of the molecule is Fc1c(F)c(F)c([B-](c2c(F)c(F)c(F)c(F)c2F)(c2c(F)c(F)c(F)c(F)c2F)c2c(F)c(F)c(F)c(F)c2F)c(F)c1F.O=C(Oc1cccc([N+](=O)[O-])c1)c1c[n+](Cc2ccccc2)ccn1. The van der Waals surface area contributed by atoms with Gasteiger partial charge in [-0.3, -0.25) is 10.1 Å². The number of aromatic nitrogens is 2. The number of rotatable bonds is 9. The van der Waals surface area contributed by atoms with Gasteiger partial charge in [0.05, 0.1) is 17.2 Å². The summed E-state index contributed by atoms with van der Waals surface area (Å²) < 4.78 is 301. The molecule has 0 aliphatic heterocycles. The van der Waals surface area contributed by atoms with Crippen LogP contribution >= 0.6 is 0 Å². The van der Waals surface area contributed by atoms with Crippen LogP contribution in [-0.4, -0.2) is 22.0 Å². The second-order valence-corrected chi connectivity index (χ2v) is 14.0. The largest absolute Gasteiger partial charge is 0.421 e. The molecule has 6 aromatic carbocycles. The quantitative estimate of drug-likeness (QED) is 0.0167. The van der Waals surface area contributed by atoms with Crippen LogP contribution in [0.15, 0.2) is 73.2 Å². The van der Waals surface area contributed by atoms with Crippen LogP contribution in [0.25, 0.3) is 0 Å². The van der Waals surface area contributed by atoms with Crippen LogP contribution in [0.3, 0.4) is 0 Å². The average Bonchev–Trinajstić information content (AvgIpc) is 3.34. The van der Waals surface area contributed by atoms with Crippen molar-refractivity contribution in [3.8, 4) is 5.75 Å². The first kappa shape index (κ1) is 51.3. The zero-order chi connectivity index (χ0) is 52.0. The second kappa shape index (κ2) is 19.5. The molecule has 1 aromatic heterocycles. The predicted octanol–water partition coefficient (Wildman–Crippen LogP) is 8.39. The molecule has 1 heterocycles. The normalized spacial score (nSPS) is 11.4. The molecule has 0 bridgehead atoms. The van der Waals surface area contributed by atoms with Crippen LogP contribution in [-0.2, 0) is 6.54 Å². The van der Waals surface area contributed by atoms with E-state index in [2.05, 4.69) is 4.98 Å². The smallest absolute Gasteiger partial charge is 0.368 e. The van der Waals surface area contributed by atoms with Gasteiger partial charge in [-0.25, -0.2) is 97.6 Å². The number of nitro benzene ring substituents is 1. The summed E-state index contributed by atoms with van der Waals surface area (Å²) >= 11 is 0. The molecule has 0 N–H and O–H groups in total. The van der Waals surface area contributed by atoms with Crippen LogP contribution in [0.4, 0.5) is 93.5 Å². The number of nitro groups is 1. The number of carbonyl (C=O) groups is 1. The van der Waals surface area contributed by atoms with Gasteiger partial charge in [0.15, 0.2) is 82.5 Å². The molecule has 28 heteroatoms. The fraction of sp³-hybridized carbons (Fsp3) is 0.0238. The summed E-state index contributed by atoms with van der Waals surface area (Å²) in [6.07, 6.45) is -2.39. The minimum absolute atomic E-state index is 0.0967. The third-order valence-corrected chi connectivity index (χ3v) is 10.1. The van der Waals surface area contributed by atoms with E-state index in [1.54, 1.807) is 12.4 Å². The van der Waals surface area contributed by atoms with Crippen LogP contribution in [0.1, 0.15) is 16.1 Å². The van der Waals surface area contributed by atoms with Gasteiger partial charge in [0.2, 0.25) is 11.9 Å². The van der Waals surface area contributed by atoms with E-state index in [0.717, 1.165) is 5.56 Å². The van der Waals surface area contributed by atoms with Gasteiger partial charge in [0.25, 0.3) is 5.69 Å². The number of nitrogens with zero attached hydrogens (tertiary/aromatic N) is 3. The number of hydrogen-bond donors (Lipinski definition) is 0. The van der Waals surface area contributed by atoms with E-state index < -0.39 is 155 Å². The summed E-state index contributed by atoms with van der Waals surface area (Å²) in [5.41, 5.74) is -13.3. The molecule has 0 saturated heterocycles. The fourth-order valence-corrected chi connectivity index (χ4v) is 7.12. The summed E-state index contributed by atoms with van der Waals surface area (Å²) in [6, 6.07) is 15.2. The molecule has 0 radical (unpaired) electrons. The van der Waals surface area contributed by atoms with Crippen molar-refractivity contribution in [2.75, 3.05) is 0 Å². The minimum Gasteiger partial charge on any atom is -0.421 e. The first-order chi connectivity index (χ1) is 32.8. The Morgan fingerprint density at radius 1 is 0.500 bits per heavy atom. The second-order valence-electron chi connectivity index (χ2n) is 14.0. The minimum atomic E-state index is -7.22. The molecule has 0 atom stereocenters. The van der Waals surface area contributed by atoms with Gasteiger partial charge in [-0.2, -0.15) is 4.57 Å². The molecule has 0 amide bonds. The molecular formula is C42H14BF20N3O4. The molecule has 0 unspecified atom stereocenters. The number of carbonyl (C=O) groups excluding carboxylic acids is 1. The first-order valence-corrected chi connectivity index (χ1v) is 18.4. The molecule has 0 aliphatic carbocycles. The monoisotopic (exact) mass is 1020 g/mol. The maximum Gasteiger partial charge on any atom is 0.368 e. The summed E-state index contributed by atoms with van der Waals surface area (Å²) in [6.45, 7) is 0.584. The molecule has 0 spiro atoms. The van der Waals surface area contributed by atoms with Crippen molar-refractivity contribution in [2.45, 2.75) is 6.54 Å². The van der Waals surface area contributed by atoms with Crippen molar-refractivity contribution in [3.63, 3.8) is 0 Å². The topological polar surface area (TPSA) is 86.2 Å². The van der Waals surface area contributed by atoms with E-state index in [-0.39, 0.29) is 17.1 Å². The zero-order valence-corrected chi connectivity index (χ0v) is 33.2. The summed E-state index contributed by atoms with van der Waals surface area (Å²) in [7, 11) is 0. The van der Waals surface area contributed by atoms with Crippen molar-refractivity contribution in [3.05, 3.63) is 211 Å². The summed E-state index contributed by atoms with van der Waals surface area (Å²) in [5, 5.41) is 10.8. The van der Waals surface area contributed by atoms with Gasteiger partial charge in [-0.1, -0.05) is 36.4 Å². The van der Waals surface area contributed by atoms with Gasteiger partial charge in [0.1, 0.15) is 58.4 Å². The molecule has 70 heavy (non-hydrogen) atoms. The molecule has 0 fully saturated rings. The Kier molecular flexibility index (Phi) is 14.3. The van der Waals surface area contributed by atoms with Crippen LogP contribution in [0.5, 0.6) is 5.75 Å². The Morgan fingerprint density at radius 2 is 0.843 bits per heavy atom. The van der Waals surface area contributed by atoms with E-state index in [9.17, 15) is 67.6 Å². The van der Waals surface area contributed by atoms with Crippen molar-refractivity contribution in [2.24, 2.45) is 0 Å². The van der Waals surface area contributed by atoms with Crippen LogP contribution in [0, 0.1) is 126 Å². The van der Waals surface area contributed by atoms with Gasteiger partial charge in [-0.05, 0) is 6.07 Å². The first-order valence-electron chi connectivity index (χ1n) is 18.4. The van der Waals surface area contributed by atoms with E-state index >= 15 is 35.1 Å². The van der Waals surface area contributed by atoms with Crippen molar-refractivity contribution < 1.29 is 107 Å². The Labute approximate surface area is 374 Å². The average molecular weight is 1020 g/mol. The summed E-state index contributed by atoms with van der Waals surface area (Å²) in [4.78, 5) is 26.5. The Hall–Kier alpha value is -8.07. The van der Waals surface area contributed by atoms with Crippen molar-refractivity contribution in [1.29, 1.82) is 0 Å². The van der Waals surface area contributed by atoms with E-state index in [0.29, 0.717) is 6.54 Å². The molecule has 0 saturated carbocycles. The third-order valence-electron chi connectivity index (χ3n) is 10.1. The molecule has 0 aliphatic rings. The zero-order valence-electron chi connectivity index (χ0n) is 33.2. The lowest BCUT2D eigenvalue weighted by atomic mass is 9.12. The molecule has 7 nitrogen and oxygen atoms in total. The Balaban J connectivity index is 0.000000270. The Morgan fingerprint density at radius 3 is 1.19 bits per heavy atom. The Bertz CT molecular complexity index is 2910. The maximum atomic E-state index is 15.4.